The number of carbonyl (C=O) groups excluding carboxylic acids is 1. The molecule has 0 bridgehead atoms. The molecule has 1 aromatic carbocycles. The van der Waals surface area contributed by atoms with E-state index in [9.17, 15) is 18.0 Å². The van der Waals surface area contributed by atoms with Crippen LogP contribution in [0.4, 0.5) is 18.9 Å². The van der Waals surface area contributed by atoms with Crippen LogP contribution in [0.15, 0.2) is 22.7 Å². The van der Waals surface area contributed by atoms with Crippen molar-refractivity contribution in [2.45, 2.75) is 19.2 Å². The number of ether oxygens (including phenoxy) is 1. The van der Waals surface area contributed by atoms with Crippen molar-refractivity contribution >= 4 is 27.5 Å². The highest BCUT2D eigenvalue weighted by atomic mass is 79.9. The first-order chi connectivity index (χ1) is 9.85. The first-order valence-corrected chi connectivity index (χ1v) is 7.21. The minimum atomic E-state index is -4.75. The number of piperidine rings is 1. The lowest BCUT2D eigenvalue weighted by molar-refractivity contribution is -0.274. The zero-order chi connectivity index (χ0) is 15.5. The second-order valence-corrected chi connectivity index (χ2v) is 5.58. The van der Waals surface area contributed by atoms with Gasteiger partial charge in [0.15, 0.2) is 0 Å². The number of halogens is 4. The Morgan fingerprint density at radius 1 is 1.43 bits per heavy atom. The maximum atomic E-state index is 12.2. The van der Waals surface area contributed by atoms with Crippen LogP contribution in [-0.2, 0) is 4.79 Å². The van der Waals surface area contributed by atoms with E-state index in [1.807, 2.05) is 0 Å². The SMILES string of the molecule is O=C(Nc1ccc(OC(F)(F)F)c(Br)c1)[C@H]1CCCNC1. The molecule has 0 spiro atoms. The summed E-state index contributed by atoms with van der Waals surface area (Å²) in [4.78, 5) is 12.0. The number of hydrogen-bond acceptors (Lipinski definition) is 3. The van der Waals surface area contributed by atoms with Crippen LogP contribution in [-0.4, -0.2) is 25.4 Å². The Morgan fingerprint density at radius 2 is 2.19 bits per heavy atom. The van der Waals surface area contributed by atoms with E-state index in [-0.39, 0.29) is 22.0 Å². The number of amides is 1. The van der Waals surface area contributed by atoms with Gasteiger partial charge < -0.3 is 15.4 Å². The van der Waals surface area contributed by atoms with Gasteiger partial charge in [-0.05, 0) is 53.5 Å². The number of alkyl halides is 3. The van der Waals surface area contributed by atoms with E-state index in [4.69, 9.17) is 0 Å². The Bertz CT molecular complexity index is 517. The van der Waals surface area contributed by atoms with Crippen molar-refractivity contribution in [3.8, 4) is 5.75 Å². The largest absolute Gasteiger partial charge is 0.573 e. The van der Waals surface area contributed by atoms with Crippen LogP contribution in [0.1, 0.15) is 12.8 Å². The summed E-state index contributed by atoms with van der Waals surface area (Å²) >= 11 is 3.00. The van der Waals surface area contributed by atoms with E-state index >= 15 is 0 Å². The molecule has 0 aliphatic carbocycles. The molecule has 8 heteroatoms. The molecule has 1 aliphatic rings. The average Bonchev–Trinajstić information content (AvgIpc) is 2.41. The number of anilines is 1. The molecule has 1 atom stereocenters. The van der Waals surface area contributed by atoms with Crippen molar-refractivity contribution in [2.24, 2.45) is 5.92 Å². The van der Waals surface area contributed by atoms with Crippen molar-refractivity contribution in [3.05, 3.63) is 22.7 Å². The minimum Gasteiger partial charge on any atom is -0.405 e. The molecule has 0 aromatic heterocycles. The fraction of sp³-hybridized carbons (Fsp3) is 0.462. The Balaban J connectivity index is 2.01. The van der Waals surface area contributed by atoms with Crippen LogP contribution < -0.4 is 15.4 Å². The fourth-order valence-electron chi connectivity index (χ4n) is 2.11. The first-order valence-electron chi connectivity index (χ1n) is 6.42. The standard InChI is InChI=1S/C13H14BrF3N2O2/c14-10-6-9(3-4-11(10)21-13(15,16)17)19-12(20)8-2-1-5-18-7-8/h3-4,6,8,18H,1-2,5,7H2,(H,19,20)/t8-/m0/s1. The van der Waals surface area contributed by atoms with Crippen molar-refractivity contribution in [1.29, 1.82) is 0 Å². The molecule has 21 heavy (non-hydrogen) atoms. The molecule has 0 radical (unpaired) electrons. The van der Waals surface area contributed by atoms with Gasteiger partial charge in [-0.2, -0.15) is 0 Å². The average molecular weight is 367 g/mol. The van der Waals surface area contributed by atoms with E-state index in [0.29, 0.717) is 12.2 Å². The molecule has 1 aliphatic heterocycles. The van der Waals surface area contributed by atoms with Crippen LogP contribution in [0.25, 0.3) is 0 Å². The van der Waals surface area contributed by atoms with Crippen LogP contribution in [0, 0.1) is 5.92 Å². The van der Waals surface area contributed by atoms with Crippen LogP contribution >= 0.6 is 15.9 Å². The van der Waals surface area contributed by atoms with Crippen LogP contribution in [0.5, 0.6) is 5.75 Å². The summed E-state index contributed by atoms with van der Waals surface area (Å²) in [5.41, 5.74) is 0.423. The summed E-state index contributed by atoms with van der Waals surface area (Å²) in [6, 6.07) is 3.92. The van der Waals surface area contributed by atoms with E-state index in [1.165, 1.54) is 12.1 Å². The Morgan fingerprint density at radius 3 is 2.76 bits per heavy atom. The normalized spacial score (nSPS) is 19.1. The Kier molecular flexibility index (Phi) is 5.10. The molecule has 1 heterocycles. The molecule has 1 aromatic rings. The summed E-state index contributed by atoms with van der Waals surface area (Å²) in [7, 11) is 0. The van der Waals surface area contributed by atoms with Crippen LogP contribution in [0.2, 0.25) is 0 Å². The number of rotatable bonds is 3. The molecule has 0 unspecified atom stereocenters. The van der Waals surface area contributed by atoms with E-state index < -0.39 is 6.36 Å². The van der Waals surface area contributed by atoms with Gasteiger partial charge in [0.25, 0.3) is 0 Å². The maximum Gasteiger partial charge on any atom is 0.573 e. The zero-order valence-electron chi connectivity index (χ0n) is 11.0. The van der Waals surface area contributed by atoms with Gasteiger partial charge in [0.05, 0.1) is 10.4 Å². The smallest absolute Gasteiger partial charge is 0.405 e. The molecule has 116 valence electrons. The molecule has 1 amide bonds. The molecular weight excluding hydrogens is 353 g/mol. The summed E-state index contributed by atoms with van der Waals surface area (Å²) < 4.78 is 40.4. The lowest BCUT2D eigenvalue weighted by atomic mass is 9.99. The molecule has 0 saturated carbocycles. The summed E-state index contributed by atoms with van der Waals surface area (Å²) in [6.07, 6.45) is -3.02. The predicted octanol–water partition coefficient (Wildman–Crippen LogP) is 3.29. The lowest BCUT2D eigenvalue weighted by Crippen LogP contribution is -2.37. The number of carbonyl (C=O) groups is 1. The van der Waals surface area contributed by atoms with E-state index in [0.717, 1.165) is 25.5 Å². The van der Waals surface area contributed by atoms with Gasteiger partial charge in [-0.25, -0.2) is 0 Å². The zero-order valence-corrected chi connectivity index (χ0v) is 12.6. The van der Waals surface area contributed by atoms with Gasteiger partial charge >= 0.3 is 6.36 Å². The Hall–Kier alpha value is -1.28. The van der Waals surface area contributed by atoms with Gasteiger partial charge in [0.2, 0.25) is 5.91 Å². The van der Waals surface area contributed by atoms with Crippen LogP contribution in [0.3, 0.4) is 0 Å². The van der Waals surface area contributed by atoms with Crippen molar-refractivity contribution in [3.63, 3.8) is 0 Å². The van der Waals surface area contributed by atoms with Gasteiger partial charge in [0, 0.05) is 12.2 Å². The number of nitrogens with one attached hydrogen (secondary N) is 2. The molecule has 2 N–H and O–H groups in total. The third-order valence-corrected chi connectivity index (χ3v) is 3.71. The quantitative estimate of drug-likeness (QED) is 0.862. The maximum absolute atomic E-state index is 12.2. The molecule has 4 nitrogen and oxygen atoms in total. The summed E-state index contributed by atoms with van der Waals surface area (Å²) in [5, 5.41) is 5.83. The molecule has 2 rings (SSSR count). The first kappa shape index (κ1) is 16.1. The third kappa shape index (κ3) is 4.89. The Labute approximate surface area is 128 Å². The number of benzene rings is 1. The number of hydrogen-bond donors (Lipinski definition) is 2. The van der Waals surface area contributed by atoms with Gasteiger partial charge in [-0.15, -0.1) is 13.2 Å². The third-order valence-electron chi connectivity index (χ3n) is 3.09. The second kappa shape index (κ2) is 6.65. The predicted molar refractivity (Wildman–Crippen MR) is 75.0 cm³/mol. The minimum absolute atomic E-state index is 0.122. The highest BCUT2D eigenvalue weighted by molar-refractivity contribution is 9.10. The monoisotopic (exact) mass is 366 g/mol. The topological polar surface area (TPSA) is 50.4 Å². The highest BCUT2D eigenvalue weighted by Crippen LogP contribution is 2.32. The van der Waals surface area contributed by atoms with E-state index in [2.05, 4.69) is 31.3 Å². The van der Waals surface area contributed by atoms with Crippen molar-refractivity contribution in [1.82, 2.24) is 5.32 Å². The molecule has 1 saturated heterocycles. The highest BCUT2D eigenvalue weighted by Gasteiger charge is 2.32. The lowest BCUT2D eigenvalue weighted by Gasteiger charge is -2.22. The van der Waals surface area contributed by atoms with Gasteiger partial charge in [0.1, 0.15) is 5.75 Å². The van der Waals surface area contributed by atoms with Gasteiger partial charge in [-0.1, -0.05) is 0 Å². The van der Waals surface area contributed by atoms with Crippen molar-refractivity contribution < 1.29 is 22.7 Å². The molecule has 1 fully saturated rings. The molecular formula is C13H14BrF3N2O2. The van der Waals surface area contributed by atoms with Gasteiger partial charge in [-0.3, -0.25) is 4.79 Å². The summed E-state index contributed by atoms with van der Waals surface area (Å²) in [5.74, 6) is -0.609. The summed E-state index contributed by atoms with van der Waals surface area (Å²) in [6.45, 7) is 1.51. The fourth-order valence-corrected chi connectivity index (χ4v) is 2.57. The van der Waals surface area contributed by atoms with E-state index in [1.54, 1.807) is 0 Å². The second-order valence-electron chi connectivity index (χ2n) is 4.73. The van der Waals surface area contributed by atoms with Crippen molar-refractivity contribution in [2.75, 3.05) is 18.4 Å².